The van der Waals surface area contributed by atoms with Crippen molar-refractivity contribution in [2.75, 3.05) is 37.9 Å². The van der Waals surface area contributed by atoms with Gasteiger partial charge in [-0.25, -0.2) is 0 Å². The molecule has 0 aliphatic heterocycles. The Morgan fingerprint density at radius 2 is 2.17 bits per heavy atom. The van der Waals surface area contributed by atoms with Gasteiger partial charge in [0.15, 0.2) is 0 Å². The number of halogens is 1. The van der Waals surface area contributed by atoms with E-state index >= 15 is 0 Å². The smallest absolute Gasteiger partial charge is 0.228 e. The first-order valence-corrected chi connectivity index (χ1v) is 5.66. The minimum Gasteiger partial charge on any atom is -0.383 e. The number of nitrogens with one attached hydrogen (secondary N) is 2. The van der Waals surface area contributed by atoms with Crippen molar-refractivity contribution < 1.29 is 9.53 Å². The van der Waals surface area contributed by atoms with Gasteiger partial charge < -0.3 is 21.1 Å². The summed E-state index contributed by atoms with van der Waals surface area (Å²) in [7, 11) is 1.57. The molecule has 0 saturated carbocycles. The van der Waals surface area contributed by atoms with Crippen molar-refractivity contribution in [1.82, 2.24) is 20.3 Å². The van der Waals surface area contributed by atoms with Crippen molar-refractivity contribution in [3.8, 4) is 0 Å². The maximum absolute atomic E-state index is 11.3. The van der Waals surface area contributed by atoms with E-state index in [1.165, 1.54) is 0 Å². The molecule has 0 atom stereocenters. The van der Waals surface area contributed by atoms with Crippen molar-refractivity contribution in [1.29, 1.82) is 0 Å². The minimum atomic E-state index is -0.0901. The lowest BCUT2D eigenvalue weighted by molar-refractivity contribution is -0.121. The van der Waals surface area contributed by atoms with Crippen LogP contribution in [0.4, 0.5) is 11.9 Å². The zero-order valence-corrected chi connectivity index (χ0v) is 10.7. The van der Waals surface area contributed by atoms with Crippen molar-refractivity contribution in [2.45, 2.75) is 6.42 Å². The quantitative estimate of drug-likeness (QED) is 0.583. The van der Waals surface area contributed by atoms with E-state index in [0.717, 1.165) is 0 Å². The van der Waals surface area contributed by atoms with Crippen LogP contribution in [0.2, 0.25) is 5.28 Å². The van der Waals surface area contributed by atoms with E-state index in [-0.39, 0.29) is 29.5 Å². The highest BCUT2D eigenvalue weighted by atomic mass is 35.5. The molecule has 0 aliphatic rings. The summed E-state index contributed by atoms with van der Waals surface area (Å²) in [5.74, 6) is 0.187. The lowest BCUT2D eigenvalue weighted by Gasteiger charge is -2.06. The number of carbonyl (C=O) groups is 1. The van der Waals surface area contributed by atoms with E-state index in [9.17, 15) is 4.79 Å². The Balaban J connectivity index is 2.26. The molecular formula is C9H15ClN6O2. The number of nitrogens with two attached hydrogens (primary N) is 1. The number of hydrogen-bond acceptors (Lipinski definition) is 7. The van der Waals surface area contributed by atoms with Crippen LogP contribution in [-0.2, 0) is 9.53 Å². The average molecular weight is 275 g/mol. The first-order valence-electron chi connectivity index (χ1n) is 5.28. The van der Waals surface area contributed by atoms with E-state index in [4.69, 9.17) is 22.1 Å². The Bertz CT molecular complexity index is 382. The molecule has 0 aromatic carbocycles. The Hall–Kier alpha value is -1.67. The van der Waals surface area contributed by atoms with Crippen LogP contribution in [0.3, 0.4) is 0 Å². The van der Waals surface area contributed by atoms with Crippen molar-refractivity contribution >= 4 is 29.4 Å². The topological polar surface area (TPSA) is 115 Å². The van der Waals surface area contributed by atoms with E-state index in [1.807, 2.05) is 0 Å². The molecule has 0 saturated heterocycles. The highest BCUT2D eigenvalue weighted by molar-refractivity contribution is 6.28. The van der Waals surface area contributed by atoms with Crippen LogP contribution in [0.5, 0.6) is 0 Å². The molecule has 0 aliphatic carbocycles. The zero-order chi connectivity index (χ0) is 13.4. The van der Waals surface area contributed by atoms with E-state index in [0.29, 0.717) is 19.7 Å². The van der Waals surface area contributed by atoms with E-state index in [2.05, 4.69) is 25.6 Å². The first-order chi connectivity index (χ1) is 8.61. The van der Waals surface area contributed by atoms with Gasteiger partial charge in [-0.05, 0) is 11.6 Å². The molecule has 1 heterocycles. The number of nitrogen functional groups attached to an aromatic ring is 1. The molecule has 0 spiro atoms. The maximum Gasteiger partial charge on any atom is 0.228 e. The third-order valence-electron chi connectivity index (χ3n) is 1.89. The summed E-state index contributed by atoms with van der Waals surface area (Å²) in [6.07, 6.45) is 0.285. The number of carbonyl (C=O) groups excluding carboxylic acids is 1. The molecule has 1 aromatic rings. The Labute approximate surface area is 109 Å². The summed E-state index contributed by atoms with van der Waals surface area (Å²) in [4.78, 5) is 22.6. The van der Waals surface area contributed by atoms with Gasteiger partial charge in [0.05, 0.1) is 6.61 Å². The molecule has 4 N–H and O–H groups in total. The normalized spacial score (nSPS) is 10.1. The third kappa shape index (κ3) is 5.60. The maximum atomic E-state index is 11.3. The summed E-state index contributed by atoms with van der Waals surface area (Å²) in [5.41, 5.74) is 5.39. The Morgan fingerprint density at radius 3 is 2.83 bits per heavy atom. The molecule has 0 unspecified atom stereocenters. The van der Waals surface area contributed by atoms with Gasteiger partial charge >= 0.3 is 0 Å². The lowest BCUT2D eigenvalue weighted by atomic mass is 10.4. The summed E-state index contributed by atoms with van der Waals surface area (Å²) >= 11 is 5.60. The van der Waals surface area contributed by atoms with Crippen LogP contribution in [0.1, 0.15) is 6.42 Å². The molecule has 1 rings (SSSR count). The van der Waals surface area contributed by atoms with Crippen LogP contribution in [0.25, 0.3) is 0 Å². The standard InChI is InChI=1S/C9H15ClN6O2/c1-18-5-4-12-6(17)2-3-13-9-15-7(10)14-8(11)16-9/h2-5H2,1H3,(H,12,17)(H3,11,13,14,15,16). The van der Waals surface area contributed by atoms with Gasteiger partial charge in [-0.15, -0.1) is 0 Å². The molecule has 0 fully saturated rings. The second kappa shape index (κ2) is 7.62. The number of amides is 1. The van der Waals surface area contributed by atoms with Crippen LogP contribution in [0, 0.1) is 0 Å². The molecule has 0 bridgehead atoms. The second-order valence-electron chi connectivity index (χ2n) is 3.31. The number of methoxy groups -OCH3 is 1. The van der Waals surface area contributed by atoms with Crippen LogP contribution in [-0.4, -0.2) is 47.7 Å². The molecule has 100 valence electrons. The fraction of sp³-hybridized carbons (Fsp3) is 0.556. The third-order valence-corrected chi connectivity index (χ3v) is 2.06. The molecule has 1 aromatic heterocycles. The van der Waals surface area contributed by atoms with Gasteiger partial charge in [-0.2, -0.15) is 15.0 Å². The fourth-order valence-electron chi connectivity index (χ4n) is 1.11. The zero-order valence-electron chi connectivity index (χ0n) is 9.94. The van der Waals surface area contributed by atoms with Crippen LogP contribution >= 0.6 is 11.6 Å². The predicted octanol–water partition coefficient (Wildman–Crippen LogP) is -0.328. The number of hydrogen-bond donors (Lipinski definition) is 3. The Morgan fingerprint density at radius 1 is 1.39 bits per heavy atom. The number of ether oxygens (including phenoxy) is 1. The molecular weight excluding hydrogens is 260 g/mol. The van der Waals surface area contributed by atoms with Gasteiger partial charge in [0.2, 0.25) is 23.1 Å². The number of anilines is 2. The largest absolute Gasteiger partial charge is 0.383 e. The van der Waals surface area contributed by atoms with Gasteiger partial charge in [-0.1, -0.05) is 0 Å². The minimum absolute atomic E-state index is 0.00884. The van der Waals surface area contributed by atoms with Crippen molar-refractivity contribution in [3.63, 3.8) is 0 Å². The summed E-state index contributed by atoms with van der Waals surface area (Å²) in [6, 6.07) is 0. The van der Waals surface area contributed by atoms with Gasteiger partial charge in [0.1, 0.15) is 0 Å². The number of nitrogens with zero attached hydrogens (tertiary/aromatic N) is 3. The molecule has 18 heavy (non-hydrogen) atoms. The van der Waals surface area contributed by atoms with Crippen molar-refractivity contribution in [2.24, 2.45) is 0 Å². The van der Waals surface area contributed by atoms with Gasteiger partial charge in [0, 0.05) is 26.6 Å². The summed E-state index contributed by atoms with van der Waals surface area (Å²) in [5, 5.41) is 5.52. The molecule has 0 radical (unpaired) electrons. The summed E-state index contributed by atoms with van der Waals surface area (Å²) < 4.78 is 4.81. The molecule has 9 heteroatoms. The molecule has 1 amide bonds. The number of aromatic nitrogens is 3. The second-order valence-corrected chi connectivity index (χ2v) is 3.64. The molecule has 8 nitrogen and oxygen atoms in total. The van der Waals surface area contributed by atoms with Crippen molar-refractivity contribution in [3.05, 3.63) is 5.28 Å². The number of rotatable bonds is 7. The average Bonchev–Trinajstić information content (AvgIpc) is 2.28. The van der Waals surface area contributed by atoms with Crippen LogP contribution < -0.4 is 16.4 Å². The first kappa shape index (κ1) is 14.4. The highest BCUT2D eigenvalue weighted by Crippen LogP contribution is 2.06. The SMILES string of the molecule is COCCNC(=O)CCNc1nc(N)nc(Cl)n1. The predicted molar refractivity (Wildman–Crippen MR) is 67.2 cm³/mol. The summed E-state index contributed by atoms with van der Waals surface area (Å²) in [6.45, 7) is 1.34. The van der Waals surface area contributed by atoms with E-state index in [1.54, 1.807) is 7.11 Å². The van der Waals surface area contributed by atoms with Crippen LogP contribution in [0.15, 0.2) is 0 Å². The van der Waals surface area contributed by atoms with E-state index < -0.39 is 0 Å². The van der Waals surface area contributed by atoms with Gasteiger partial charge in [0.25, 0.3) is 0 Å². The van der Waals surface area contributed by atoms with Gasteiger partial charge in [-0.3, -0.25) is 4.79 Å². The lowest BCUT2D eigenvalue weighted by Crippen LogP contribution is -2.28. The monoisotopic (exact) mass is 274 g/mol. The highest BCUT2D eigenvalue weighted by Gasteiger charge is 2.03. The Kier molecular flexibility index (Phi) is 6.09. The fourth-order valence-corrected chi connectivity index (χ4v) is 1.28.